The summed E-state index contributed by atoms with van der Waals surface area (Å²) >= 11 is 6.28. The maximum atomic E-state index is 10.8. The van der Waals surface area contributed by atoms with Crippen LogP contribution in [0.5, 0.6) is 0 Å². The fourth-order valence-electron chi connectivity index (χ4n) is 3.20. The van der Waals surface area contributed by atoms with Crippen molar-refractivity contribution in [1.29, 1.82) is 0 Å². The van der Waals surface area contributed by atoms with Crippen LogP contribution in [0, 0.1) is 17.3 Å². The van der Waals surface area contributed by atoms with Crippen LogP contribution in [0.1, 0.15) is 52.9 Å². The molecule has 0 radical (unpaired) electrons. The fraction of sp³-hybridized carbons (Fsp3) is 0.824. The molecule has 1 rings (SSSR count). The van der Waals surface area contributed by atoms with Crippen molar-refractivity contribution in [3.63, 3.8) is 0 Å². The number of halogens is 1. The first-order valence-corrected chi connectivity index (χ1v) is 8.47. The minimum atomic E-state index is -0.817. The lowest BCUT2D eigenvalue weighted by atomic mass is 9.80. The van der Waals surface area contributed by atoms with Crippen LogP contribution in [0.2, 0.25) is 0 Å². The highest BCUT2D eigenvalue weighted by molar-refractivity contribution is 6.30. The van der Waals surface area contributed by atoms with E-state index < -0.39 is 24.2 Å². The van der Waals surface area contributed by atoms with Crippen molar-refractivity contribution in [2.24, 2.45) is 17.3 Å². The first-order chi connectivity index (χ1) is 10.2. The molecule has 0 unspecified atom stereocenters. The molecule has 1 aliphatic carbocycles. The Bertz CT molecular complexity index is 394. The van der Waals surface area contributed by atoms with Gasteiger partial charge < -0.3 is 20.1 Å². The number of unbranched alkanes of at least 4 members (excludes halogenated alkanes) is 1. The van der Waals surface area contributed by atoms with Crippen LogP contribution in [0.3, 0.4) is 0 Å². The SMILES string of the molecule is CCCCC(C)(C)[C@@H](O)C(Cl)=C[C@H]1[C@H](CC=O)[C@H](O)C[C@@H]1O. The Morgan fingerprint density at radius 2 is 2.00 bits per heavy atom. The molecule has 5 atom stereocenters. The van der Waals surface area contributed by atoms with Gasteiger partial charge in [0.1, 0.15) is 6.29 Å². The smallest absolute Gasteiger partial charge is 0.120 e. The summed E-state index contributed by atoms with van der Waals surface area (Å²) in [6, 6.07) is 0. The number of carbonyl (C=O) groups excluding carboxylic acids is 1. The maximum absolute atomic E-state index is 10.8. The zero-order chi connectivity index (χ0) is 16.9. The third-order valence-corrected chi connectivity index (χ3v) is 5.14. The average molecular weight is 333 g/mol. The van der Waals surface area contributed by atoms with Gasteiger partial charge in [0.05, 0.1) is 18.3 Å². The molecule has 0 aliphatic heterocycles. The van der Waals surface area contributed by atoms with E-state index in [0.29, 0.717) is 0 Å². The van der Waals surface area contributed by atoms with E-state index in [-0.39, 0.29) is 29.2 Å². The van der Waals surface area contributed by atoms with Crippen molar-refractivity contribution < 1.29 is 20.1 Å². The van der Waals surface area contributed by atoms with Gasteiger partial charge in [-0.15, -0.1) is 0 Å². The van der Waals surface area contributed by atoms with Crippen LogP contribution in [-0.4, -0.2) is 39.9 Å². The Morgan fingerprint density at radius 1 is 1.36 bits per heavy atom. The standard InChI is InChI=1S/C17H29ClO4/c1-4-5-7-17(2,3)16(22)13(18)9-12-11(6-8-19)14(20)10-15(12)21/h8-9,11-12,14-16,20-22H,4-7,10H2,1-3H3/t11-,12-,14+,15-,16-/m0/s1. The van der Waals surface area contributed by atoms with E-state index in [1.807, 2.05) is 13.8 Å². The molecule has 1 saturated carbocycles. The summed E-state index contributed by atoms with van der Waals surface area (Å²) in [4.78, 5) is 10.8. The normalized spacial score (nSPS) is 31.3. The quantitative estimate of drug-likeness (QED) is 0.597. The molecule has 0 heterocycles. The molecule has 0 saturated heterocycles. The summed E-state index contributed by atoms with van der Waals surface area (Å²) in [5.41, 5.74) is -0.355. The van der Waals surface area contributed by atoms with Crippen molar-refractivity contribution in [3.05, 3.63) is 11.1 Å². The van der Waals surface area contributed by atoms with E-state index in [2.05, 4.69) is 6.92 Å². The van der Waals surface area contributed by atoms with Crippen LogP contribution in [-0.2, 0) is 4.79 Å². The molecule has 3 N–H and O–H groups in total. The number of rotatable bonds is 8. The van der Waals surface area contributed by atoms with Gasteiger partial charge >= 0.3 is 0 Å². The fourth-order valence-corrected chi connectivity index (χ4v) is 3.64. The highest BCUT2D eigenvalue weighted by atomic mass is 35.5. The van der Waals surface area contributed by atoms with E-state index in [4.69, 9.17) is 11.6 Å². The molecule has 0 bridgehead atoms. The third-order valence-electron chi connectivity index (χ3n) is 4.81. The van der Waals surface area contributed by atoms with Gasteiger partial charge in [-0.05, 0) is 11.8 Å². The van der Waals surface area contributed by atoms with Gasteiger partial charge in [0, 0.05) is 29.7 Å². The molecule has 0 aromatic carbocycles. The summed E-state index contributed by atoms with van der Waals surface area (Å²) in [7, 11) is 0. The minimum absolute atomic E-state index is 0.179. The Balaban J connectivity index is 2.87. The number of carbonyl (C=O) groups is 1. The van der Waals surface area contributed by atoms with Gasteiger partial charge in [0.25, 0.3) is 0 Å². The maximum Gasteiger partial charge on any atom is 0.120 e. The zero-order valence-electron chi connectivity index (χ0n) is 13.7. The summed E-state index contributed by atoms with van der Waals surface area (Å²) in [6.45, 7) is 6.03. The molecule has 1 aliphatic rings. The highest BCUT2D eigenvalue weighted by Gasteiger charge is 2.41. The third kappa shape index (κ3) is 4.79. The average Bonchev–Trinajstić information content (AvgIpc) is 2.71. The summed E-state index contributed by atoms with van der Waals surface area (Å²) in [5.74, 6) is -0.739. The molecule has 128 valence electrons. The second-order valence-electron chi connectivity index (χ2n) is 7.06. The first kappa shape index (κ1) is 19.6. The Kier molecular flexibility index (Phi) is 7.53. The molecule has 22 heavy (non-hydrogen) atoms. The van der Waals surface area contributed by atoms with Crippen molar-refractivity contribution in [2.45, 2.75) is 71.2 Å². The van der Waals surface area contributed by atoms with Crippen LogP contribution in [0.4, 0.5) is 0 Å². The van der Waals surface area contributed by atoms with Crippen LogP contribution in [0.25, 0.3) is 0 Å². The topological polar surface area (TPSA) is 77.8 Å². The Hall–Kier alpha value is -0.420. The predicted molar refractivity (Wildman–Crippen MR) is 87.5 cm³/mol. The molecule has 4 nitrogen and oxygen atoms in total. The zero-order valence-corrected chi connectivity index (χ0v) is 14.5. The number of hydrogen-bond donors (Lipinski definition) is 3. The number of hydrogen-bond acceptors (Lipinski definition) is 4. The second kappa shape index (κ2) is 8.44. The monoisotopic (exact) mass is 332 g/mol. The number of aldehydes is 1. The van der Waals surface area contributed by atoms with Gasteiger partial charge in [-0.3, -0.25) is 0 Å². The molecule has 1 fully saturated rings. The van der Waals surface area contributed by atoms with Gasteiger partial charge in [-0.25, -0.2) is 0 Å². The molecular formula is C17H29ClO4. The molecule has 0 spiro atoms. The summed E-state index contributed by atoms with van der Waals surface area (Å²) < 4.78 is 0. The predicted octanol–water partition coefficient (Wildman–Crippen LogP) is 2.63. The first-order valence-electron chi connectivity index (χ1n) is 8.09. The van der Waals surface area contributed by atoms with E-state index >= 15 is 0 Å². The highest BCUT2D eigenvalue weighted by Crippen LogP contribution is 2.39. The second-order valence-corrected chi connectivity index (χ2v) is 7.50. The summed E-state index contributed by atoms with van der Waals surface area (Å²) in [6.07, 6.45) is 3.44. The van der Waals surface area contributed by atoms with Crippen molar-refractivity contribution in [3.8, 4) is 0 Å². The lowest BCUT2D eigenvalue weighted by molar-refractivity contribution is -0.109. The molecule has 5 heteroatoms. The number of aliphatic hydroxyl groups excluding tert-OH is 3. The lowest BCUT2D eigenvalue weighted by Crippen LogP contribution is -2.31. The Labute approximate surface area is 138 Å². The summed E-state index contributed by atoms with van der Waals surface area (Å²) in [5, 5.41) is 30.8. The van der Waals surface area contributed by atoms with Gasteiger partial charge in [0.15, 0.2) is 0 Å². The van der Waals surface area contributed by atoms with Gasteiger partial charge in [0.2, 0.25) is 0 Å². The van der Waals surface area contributed by atoms with E-state index in [1.165, 1.54) is 0 Å². The van der Waals surface area contributed by atoms with E-state index in [9.17, 15) is 20.1 Å². The van der Waals surface area contributed by atoms with Crippen LogP contribution in [0.15, 0.2) is 11.1 Å². The molecule has 0 aromatic rings. The molecule has 0 amide bonds. The Morgan fingerprint density at radius 3 is 2.55 bits per heavy atom. The van der Waals surface area contributed by atoms with E-state index in [1.54, 1.807) is 6.08 Å². The molecule has 0 aromatic heterocycles. The van der Waals surface area contributed by atoms with Gasteiger partial charge in [-0.1, -0.05) is 51.3 Å². The van der Waals surface area contributed by atoms with E-state index in [0.717, 1.165) is 25.5 Å². The molecular weight excluding hydrogens is 304 g/mol. The largest absolute Gasteiger partial charge is 0.393 e. The van der Waals surface area contributed by atoms with Gasteiger partial charge in [-0.2, -0.15) is 0 Å². The van der Waals surface area contributed by atoms with Crippen molar-refractivity contribution in [1.82, 2.24) is 0 Å². The van der Waals surface area contributed by atoms with Crippen molar-refractivity contribution >= 4 is 17.9 Å². The number of aliphatic hydroxyl groups is 3. The lowest BCUT2D eigenvalue weighted by Gasteiger charge is -2.31. The van der Waals surface area contributed by atoms with Crippen molar-refractivity contribution in [2.75, 3.05) is 0 Å². The van der Waals surface area contributed by atoms with Crippen LogP contribution >= 0.6 is 11.6 Å². The van der Waals surface area contributed by atoms with Crippen LogP contribution < -0.4 is 0 Å². The minimum Gasteiger partial charge on any atom is -0.393 e.